The van der Waals surface area contributed by atoms with E-state index in [4.69, 9.17) is 4.74 Å². The highest BCUT2D eigenvalue weighted by molar-refractivity contribution is 7.81. The molecule has 122 valence electrons. The molecule has 0 aliphatic rings. The van der Waals surface area contributed by atoms with Crippen molar-refractivity contribution in [1.82, 2.24) is 0 Å². The van der Waals surface area contributed by atoms with Gasteiger partial charge in [0.15, 0.2) is 0 Å². The third-order valence-electron chi connectivity index (χ3n) is 3.69. The molecule has 0 unspecified atom stereocenters. The average molecular weight is 352 g/mol. The fourth-order valence-corrected chi connectivity index (χ4v) is 5.28. The van der Waals surface area contributed by atoms with Gasteiger partial charge in [0.25, 0.3) is 0 Å². The third kappa shape index (κ3) is 4.01. The highest BCUT2D eigenvalue weighted by atomic mass is 32.1. The summed E-state index contributed by atoms with van der Waals surface area (Å²) in [4.78, 5) is 0.903. The molecule has 0 fully saturated rings. The van der Waals surface area contributed by atoms with E-state index in [1.165, 1.54) is 15.9 Å². The first kappa shape index (κ1) is 17.1. The quantitative estimate of drug-likeness (QED) is 0.507. The van der Waals surface area contributed by atoms with Crippen LogP contribution in [0, 0.1) is 0 Å². The summed E-state index contributed by atoms with van der Waals surface area (Å²) in [5, 5.41) is 3.97. The first-order valence-electron chi connectivity index (χ1n) is 8.15. The van der Waals surface area contributed by atoms with Crippen LogP contribution in [0.4, 0.5) is 0 Å². The highest BCUT2D eigenvalue weighted by Crippen LogP contribution is 2.35. The van der Waals surface area contributed by atoms with Gasteiger partial charge in [-0.3, -0.25) is 0 Å². The summed E-state index contributed by atoms with van der Waals surface area (Å²) in [6, 6.07) is 27.8. The molecule has 0 amide bonds. The van der Waals surface area contributed by atoms with E-state index < -0.39 is 7.92 Å². The number of hydrogen-bond donors (Lipinski definition) is 1. The largest absolute Gasteiger partial charge is 0.492 e. The minimum absolute atomic E-state index is 0.592. The monoisotopic (exact) mass is 352 g/mol. The molecule has 0 aliphatic heterocycles. The van der Waals surface area contributed by atoms with Crippen LogP contribution in [0.1, 0.15) is 13.3 Å². The fraction of sp³-hybridized carbons (Fsp3) is 0.143. The van der Waals surface area contributed by atoms with Crippen molar-refractivity contribution in [3.8, 4) is 5.75 Å². The number of hydrogen-bond acceptors (Lipinski definition) is 2. The number of ether oxygens (including phenoxy) is 1. The Morgan fingerprint density at radius 2 is 1.38 bits per heavy atom. The van der Waals surface area contributed by atoms with Crippen LogP contribution in [0.2, 0.25) is 0 Å². The minimum Gasteiger partial charge on any atom is -0.492 e. The van der Waals surface area contributed by atoms with Crippen LogP contribution in [0.15, 0.2) is 83.8 Å². The summed E-state index contributed by atoms with van der Waals surface area (Å²) in [6.45, 7) is 2.83. The predicted molar refractivity (Wildman–Crippen MR) is 108 cm³/mol. The molecule has 0 atom stereocenters. The van der Waals surface area contributed by atoms with Gasteiger partial charge in [-0.2, -0.15) is 0 Å². The van der Waals surface area contributed by atoms with Crippen LogP contribution in [0.5, 0.6) is 5.75 Å². The summed E-state index contributed by atoms with van der Waals surface area (Å²) in [5.41, 5.74) is 0. The zero-order valence-electron chi connectivity index (χ0n) is 13.7. The fourth-order valence-electron chi connectivity index (χ4n) is 2.58. The smallest absolute Gasteiger partial charge is 0.132 e. The Labute approximate surface area is 150 Å². The Morgan fingerprint density at radius 1 is 0.792 bits per heavy atom. The predicted octanol–water partition coefficient (Wildman–Crippen LogP) is 4.52. The second kappa shape index (κ2) is 8.37. The highest BCUT2D eigenvalue weighted by Gasteiger charge is 2.17. The first-order chi connectivity index (χ1) is 11.8. The molecule has 0 radical (unpaired) electrons. The van der Waals surface area contributed by atoms with Crippen molar-refractivity contribution >= 4 is 36.5 Å². The normalized spacial score (nSPS) is 10.8. The minimum atomic E-state index is -0.592. The molecular weight excluding hydrogens is 331 g/mol. The Kier molecular flexibility index (Phi) is 5.96. The Bertz CT molecular complexity index is 735. The van der Waals surface area contributed by atoms with Crippen LogP contribution in [0.3, 0.4) is 0 Å². The zero-order valence-corrected chi connectivity index (χ0v) is 15.5. The van der Waals surface area contributed by atoms with E-state index in [9.17, 15) is 0 Å². The maximum Gasteiger partial charge on any atom is 0.132 e. The van der Waals surface area contributed by atoms with E-state index in [1.807, 2.05) is 0 Å². The summed E-state index contributed by atoms with van der Waals surface area (Å²) in [7, 11) is -0.592. The first-order valence-corrected chi connectivity index (χ1v) is 9.94. The zero-order chi connectivity index (χ0) is 16.8. The van der Waals surface area contributed by atoms with Crippen LogP contribution in [-0.2, 0) is 0 Å². The van der Waals surface area contributed by atoms with Gasteiger partial charge in [-0.1, -0.05) is 73.7 Å². The van der Waals surface area contributed by atoms with Gasteiger partial charge < -0.3 is 4.74 Å². The second-order valence-corrected chi connectivity index (χ2v) is 8.21. The maximum atomic E-state index is 5.76. The molecule has 0 saturated carbocycles. The van der Waals surface area contributed by atoms with Crippen LogP contribution in [-0.4, -0.2) is 6.61 Å². The molecule has 3 aromatic rings. The van der Waals surface area contributed by atoms with Gasteiger partial charge in [0.1, 0.15) is 5.75 Å². The molecule has 0 heterocycles. The molecule has 24 heavy (non-hydrogen) atoms. The van der Waals surface area contributed by atoms with Crippen molar-refractivity contribution in [3.05, 3.63) is 78.9 Å². The standard InChI is InChI=1S/C21H21OPS/c1-2-15-22-20-14-13-19(16-21(20)24)23(17-9-5-3-6-10-17)18-11-7-4-8-12-18/h3-14,16,24H,2,15H2,1H3. The van der Waals surface area contributed by atoms with Crippen molar-refractivity contribution in [3.63, 3.8) is 0 Å². The van der Waals surface area contributed by atoms with Crippen molar-refractivity contribution in [2.24, 2.45) is 0 Å². The van der Waals surface area contributed by atoms with Gasteiger partial charge in [0.2, 0.25) is 0 Å². The average Bonchev–Trinajstić information content (AvgIpc) is 2.63. The molecule has 0 aliphatic carbocycles. The SMILES string of the molecule is CCCOc1ccc(P(c2ccccc2)c2ccccc2)cc1S. The lowest BCUT2D eigenvalue weighted by molar-refractivity contribution is 0.310. The molecular formula is C21H21OPS. The lowest BCUT2D eigenvalue weighted by Gasteiger charge is -2.20. The molecule has 0 aromatic heterocycles. The molecule has 0 N–H and O–H groups in total. The number of thiol groups is 1. The Morgan fingerprint density at radius 3 is 1.88 bits per heavy atom. The Hall–Kier alpha value is -1.76. The summed E-state index contributed by atoms with van der Waals surface area (Å²) >= 11 is 4.65. The molecule has 1 nitrogen and oxygen atoms in total. The molecule has 0 saturated heterocycles. The summed E-state index contributed by atoms with van der Waals surface area (Å²) in [5.74, 6) is 0.861. The van der Waals surface area contributed by atoms with Crippen molar-refractivity contribution < 1.29 is 4.74 Å². The lowest BCUT2D eigenvalue weighted by atomic mass is 10.3. The van der Waals surface area contributed by atoms with Crippen LogP contribution in [0.25, 0.3) is 0 Å². The second-order valence-electron chi connectivity index (χ2n) is 5.51. The van der Waals surface area contributed by atoms with Crippen molar-refractivity contribution in [2.45, 2.75) is 18.2 Å². The van der Waals surface area contributed by atoms with Gasteiger partial charge in [-0.15, -0.1) is 12.6 Å². The van der Waals surface area contributed by atoms with Gasteiger partial charge in [-0.25, -0.2) is 0 Å². The topological polar surface area (TPSA) is 9.23 Å². The van der Waals surface area contributed by atoms with Crippen LogP contribution >= 0.6 is 20.6 Å². The third-order valence-corrected chi connectivity index (χ3v) is 6.46. The van der Waals surface area contributed by atoms with Gasteiger partial charge >= 0.3 is 0 Å². The number of rotatable bonds is 6. The van der Waals surface area contributed by atoms with Crippen LogP contribution < -0.4 is 20.7 Å². The molecule has 3 rings (SSSR count). The summed E-state index contributed by atoms with van der Waals surface area (Å²) in [6.07, 6.45) is 0.996. The van der Waals surface area contributed by atoms with Gasteiger partial charge in [0, 0.05) is 4.90 Å². The van der Waals surface area contributed by atoms with E-state index in [-0.39, 0.29) is 0 Å². The van der Waals surface area contributed by atoms with E-state index in [1.54, 1.807) is 0 Å². The molecule has 3 aromatic carbocycles. The van der Waals surface area contributed by atoms with E-state index in [0.29, 0.717) is 0 Å². The number of benzene rings is 3. The van der Waals surface area contributed by atoms with E-state index in [0.717, 1.165) is 23.7 Å². The van der Waals surface area contributed by atoms with E-state index >= 15 is 0 Å². The van der Waals surface area contributed by atoms with E-state index in [2.05, 4.69) is 98.4 Å². The molecule has 3 heteroatoms. The molecule has 0 spiro atoms. The maximum absolute atomic E-state index is 5.76. The molecule has 0 bridgehead atoms. The summed E-state index contributed by atoms with van der Waals surface area (Å²) < 4.78 is 5.76. The lowest BCUT2D eigenvalue weighted by Crippen LogP contribution is -2.20. The van der Waals surface area contributed by atoms with Crippen molar-refractivity contribution in [1.29, 1.82) is 0 Å². The Balaban J connectivity index is 2.02. The van der Waals surface area contributed by atoms with Gasteiger partial charge in [0.05, 0.1) is 6.61 Å². The van der Waals surface area contributed by atoms with Crippen molar-refractivity contribution in [2.75, 3.05) is 6.61 Å². The van der Waals surface area contributed by atoms with Gasteiger partial charge in [-0.05, 0) is 42.4 Å².